The number of carbonyl (C=O) groups is 1. The van der Waals surface area contributed by atoms with Gasteiger partial charge in [0.15, 0.2) is 0 Å². The first kappa shape index (κ1) is 17.7. The quantitative estimate of drug-likeness (QED) is 0.829. The van der Waals surface area contributed by atoms with Crippen LogP contribution in [0.3, 0.4) is 0 Å². The maximum Gasteiger partial charge on any atom is 0.227 e. The van der Waals surface area contributed by atoms with Crippen molar-refractivity contribution in [1.29, 1.82) is 5.26 Å². The molecule has 0 unspecified atom stereocenters. The number of amides is 1. The molecule has 2 saturated heterocycles. The molecule has 1 amide bonds. The van der Waals surface area contributed by atoms with Crippen molar-refractivity contribution in [3.8, 4) is 11.8 Å². The van der Waals surface area contributed by atoms with Crippen molar-refractivity contribution in [2.45, 2.75) is 13.5 Å². The molecule has 25 heavy (non-hydrogen) atoms. The summed E-state index contributed by atoms with van der Waals surface area (Å²) < 4.78 is 10.8. The molecule has 1 aromatic rings. The second-order valence-electron chi connectivity index (χ2n) is 6.85. The van der Waals surface area contributed by atoms with Gasteiger partial charge in [0.05, 0.1) is 37.9 Å². The van der Waals surface area contributed by atoms with E-state index in [1.54, 1.807) is 13.2 Å². The first-order valence-electron chi connectivity index (χ1n) is 8.78. The van der Waals surface area contributed by atoms with Crippen LogP contribution in [0.15, 0.2) is 18.2 Å². The molecule has 2 heterocycles. The Bertz CT molecular complexity index is 664. The highest BCUT2D eigenvalue weighted by Crippen LogP contribution is 2.29. The Balaban J connectivity index is 1.67. The minimum Gasteiger partial charge on any atom is -0.496 e. The van der Waals surface area contributed by atoms with Crippen molar-refractivity contribution in [1.82, 2.24) is 9.80 Å². The van der Waals surface area contributed by atoms with Crippen LogP contribution in [0.5, 0.6) is 5.75 Å². The average Bonchev–Trinajstić information content (AvgIpc) is 3.01. The van der Waals surface area contributed by atoms with Gasteiger partial charge in [-0.1, -0.05) is 6.92 Å². The number of nitrogens with zero attached hydrogens (tertiary/aromatic N) is 3. The van der Waals surface area contributed by atoms with Crippen LogP contribution in [-0.4, -0.2) is 62.2 Å². The maximum absolute atomic E-state index is 12.8. The van der Waals surface area contributed by atoms with Gasteiger partial charge in [0, 0.05) is 38.3 Å². The Morgan fingerprint density at radius 2 is 2.12 bits per heavy atom. The maximum atomic E-state index is 12.8. The third-order valence-corrected chi connectivity index (χ3v) is 5.13. The van der Waals surface area contributed by atoms with E-state index in [-0.39, 0.29) is 11.8 Å². The second-order valence-corrected chi connectivity index (χ2v) is 6.85. The Labute approximate surface area is 148 Å². The molecule has 0 radical (unpaired) electrons. The molecule has 2 fully saturated rings. The molecule has 0 spiro atoms. The molecule has 0 aromatic heterocycles. The lowest BCUT2D eigenvalue weighted by molar-refractivity contribution is -0.140. The van der Waals surface area contributed by atoms with E-state index in [9.17, 15) is 4.79 Å². The van der Waals surface area contributed by atoms with Gasteiger partial charge >= 0.3 is 0 Å². The molecule has 6 nitrogen and oxygen atoms in total. The van der Waals surface area contributed by atoms with E-state index in [0.717, 1.165) is 24.4 Å². The highest BCUT2D eigenvalue weighted by molar-refractivity contribution is 5.79. The predicted molar refractivity (Wildman–Crippen MR) is 93.0 cm³/mol. The highest BCUT2D eigenvalue weighted by Gasteiger charge is 2.37. The number of rotatable bonds is 4. The van der Waals surface area contributed by atoms with Gasteiger partial charge in [0.25, 0.3) is 0 Å². The summed E-state index contributed by atoms with van der Waals surface area (Å²) in [5.41, 5.74) is 1.62. The Morgan fingerprint density at radius 1 is 1.36 bits per heavy atom. The zero-order chi connectivity index (χ0) is 17.8. The summed E-state index contributed by atoms with van der Waals surface area (Å²) in [4.78, 5) is 17.0. The third kappa shape index (κ3) is 3.94. The number of hydrogen-bond acceptors (Lipinski definition) is 5. The fourth-order valence-electron chi connectivity index (χ4n) is 3.75. The number of morpholine rings is 1. The lowest BCUT2D eigenvalue weighted by Gasteiger charge is -2.30. The molecule has 2 aliphatic heterocycles. The minimum absolute atomic E-state index is 0.0308. The summed E-state index contributed by atoms with van der Waals surface area (Å²) in [6.07, 6.45) is 0. The van der Waals surface area contributed by atoms with Crippen molar-refractivity contribution in [2.75, 3.05) is 46.5 Å². The van der Waals surface area contributed by atoms with Gasteiger partial charge in [0.1, 0.15) is 5.75 Å². The number of benzene rings is 1. The first-order valence-corrected chi connectivity index (χ1v) is 8.78. The Hall–Kier alpha value is -2.10. The zero-order valence-electron chi connectivity index (χ0n) is 14.9. The number of hydrogen-bond donors (Lipinski definition) is 0. The molecule has 0 bridgehead atoms. The van der Waals surface area contributed by atoms with Crippen molar-refractivity contribution in [2.24, 2.45) is 11.8 Å². The topological polar surface area (TPSA) is 65.8 Å². The van der Waals surface area contributed by atoms with E-state index in [1.165, 1.54) is 0 Å². The van der Waals surface area contributed by atoms with Crippen molar-refractivity contribution in [3.63, 3.8) is 0 Å². The fourth-order valence-corrected chi connectivity index (χ4v) is 3.75. The highest BCUT2D eigenvalue weighted by atomic mass is 16.5. The van der Waals surface area contributed by atoms with Crippen LogP contribution < -0.4 is 4.74 Å². The molecule has 3 rings (SSSR count). The van der Waals surface area contributed by atoms with Crippen LogP contribution in [-0.2, 0) is 16.1 Å². The smallest absolute Gasteiger partial charge is 0.227 e. The monoisotopic (exact) mass is 343 g/mol. The molecular weight excluding hydrogens is 318 g/mol. The fraction of sp³-hybridized carbons (Fsp3) is 0.579. The van der Waals surface area contributed by atoms with E-state index in [4.69, 9.17) is 14.7 Å². The largest absolute Gasteiger partial charge is 0.496 e. The third-order valence-electron chi connectivity index (χ3n) is 5.13. The number of ether oxygens (including phenoxy) is 2. The summed E-state index contributed by atoms with van der Waals surface area (Å²) in [5.74, 6) is 1.38. The summed E-state index contributed by atoms with van der Waals surface area (Å²) in [7, 11) is 1.64. The molecule has 1 aromatic carbocycles. The van der Waals surface area contributed by atoms with E-state index >= 15 is 0 Å². The van der Waals surface area contributed by atoms with Gasteiger partial charge in [-0.15, -0.1) is 0 Å². The average molecular weight is 343 g/mol. The van der Waals surface area contributed by atoms with Crippen LogP contribution >= 0.6 is 0 Å². The summed E-state index contributed by atoms with van der Waals surface area (Å²) in [6.45, 7) is 7.11. The number of nitriles is 1. The van der Waals surface area contributed by atoms with Gasteiger partial charge in [-0.05, 0) is 24.1 Å². The number of methoxy groups -OCH3 is 1. The lowest BCUT2D eigenvalue weighted by atomic mass is 9.96. The van der Waals surface area contributed by atoms with Gasteiger partial charge in [-0.2, -0.15) is 5.26 Å². The van der Waals surface area contributed by atoms with Gasteiger partial charge < -0.3 is 14.4 Å². The Morgan fingerprint density at radius 3 is 2.80 bits per heavy atom. The number of carbonyl (C=O) groups excluding carboxylic acids is 1. The molecule has 0 saturated carbocycles. The zero-order valence-corrected chi connectivity index (χ0v) is 14.9. The molecular formula is C19H25N3O3. The van der Waals surface area contributed by atoms with Crippen molar-refractivity contribution >= 4 is 5.91 Å². The second kappa shape index (κ2) is 7.85. The van der Waals surface area contributed by atoms with E-state index in [0.29, 0.717) is 44.3 Å². The summed E-state index contributed by atoms with van der Waals surface area (Å²) in [5, 5.41) is 9.12. The van der Waals surface area contributed by atoms with E-state index in [1.807, 2.05) is 17.0 Å². The van der Waals surface area contributed by atoms with Crippen molar-refractivity contribution in [3.05, 3.63) is 29.3 Å². The van der Waals surface area contributed by atoms with Crippen LogP contribution in [0.25, 0.3) is 0 Å². The van der Waals surface area contributed by atoms with Gasteiger partial charge in [-0.3, -0.25) is 9.69 Å². The molecule has 134 valence electrons. The first-order chi connectivity index (χ1) is 12.1. The van der Waals surface area contributed by atoms with Crippen molar-refractivity contribution < 1.29 is 14.3 Å². The molecule has 6 heteroatoms. The van der Waals surface area contributed by atoms with E-state index < -0.39 is 0 Å². The van der Waals surface area contributed by atoms with E-state index in [2.05, 4.69) is 17.9 Å². The summed E-state index contributed by atoms with van der Waals surface area (Å²) in [6, 6.07) is 7.65. The predicted octanol–water partition coefficient (Wildman–Crippen LogP) is 1.49. The normalized spacial score (nSPS) is 24.1. The summed E-state index contributed by atoms with van der Waals surface area (Å²) >= 11 is 0. The van der Waals surface area contributed by atoms with Crippen LogP contribution in [0.2, 0.25) is 0 Å². The molecule has 0 aliphatic carbocycles. The van der Waals surface area contributed by atoms with Gasteiger partial charge in [0.2, 0.25) is 5.91 Å². The minimum atomic E-state index is 0.0308. The Kier molecular flexibility index (Phi) is 5.57. The molecule has 0 N–H and O–H groups in total. The van der Waals surface area contributed by atoms with Crippen LogP contribution in [0.4, 0.5) is 0 Å². The standard InChI is InChI=1S/C19H25N3O3/c1-14-11-21(12-16-9-15(10-20)3-4-18(16)24-2)13-17(14)19(23)22-5-7-25-8-6-22/h3-4,9,14,17H,5-8,11-13H2,1-2H3/t14-,17-/m1/s1. The SMILES string of the molecule is COc1ccc(C#N)cc1CN1C[C@@H](C)[C@H](C(=O)N2CCOCC2)C1. The lowest BCUT2D eigenvalue weighted by Crippen LogP contribution is -2.45. The number of likely N-dealkylation sites (tertiary alicyclic amines) is 1. The molecule has 2 aliphatic rings. The van der Waals surface area contributed by atoms with Gasteiger partial charge in [-0.25, -0.2) is 0 Å². The van der Waals surface area contributed by atoms with Crippen LogP contribution in [0, 0.1) is 23.2 Å². The molecule has 2 atom stereocenters. The van der Waals surface area contributed by atoms with Crippen LogP contribution in [0.1, 0.15) is 18.1 Å².